The number of hydrogen-bond acceptors (Lipinski definition) is 4. The number of thiophene rings is 1. The molecule has 0 bridgehead atoms. The van der Waals surface area contributed by atoms with E-state index in [9.17, 15) is 13.2 Å². The maximum Gasteiger partial charge on any atom is 0.318 e. The molecule has 0 amide bonds. The molecule has 2 aromatic rings. The largest absolute Gasteiger partial charge is 0.480 e. The molecular formula is C13H14ClNO4S2. The third-order valence-electron chi connectivity index (χ3n) is 2.95. The van der Waals surface area contributed by atoms with Crippen molar-refractivity contribution in [2.24, 2.45) is 0 Å². The number of benzene rings is 1. The highest BCUT2D eigenvalue weighted by atomic mass is 35.5. The van der Waals surface area contributed by atoms with Crippen molar-refractivity contribution in [2.45, 2.75) is 24.8 Å². The molecule has 8 heteroatoms. The van der Waals surface area contributed by atoms with Gasteiger partial charge in [0.25, 0.3) is 0 Å². The third-order valence-corrected chi connectivity index (χ3v) is 6.36. The second-order valence-electron chi connectivity index (χ2n) is 4.78. The molecule has 0 saturated carbocycles. The van der Waals surface area contributed by atoms with Crippen LogP contribution in [0.25, 0.3) is 10.1 Å². The van der Waals surface area contributed by atoms with E-state index in [2.05, 4.69) is 0 Å². The van der Waals surface area contributed by atoms with Crippen LogP contribution in [0.1, 0.15) is 13.8 Å². The summed E-state index contributed by atoms with van der Waals surface area (Å²) in [6, 6.07) is 4.56. The summed E-state index contributed by atoms with van der Waals surface area (Å²) in [6.45, 7) is 2.71. The van der Waals surface area contributed by atoms with Crippen molar-refractivity contribution in [3.8, 4) is 0 Å². The van der Waals surface area contributed by atoms with Crippen LogP contribution in [0.2, 0.25) is 5.02 Å². The van der Waals surface area contributed by atoms with E-state index < -0.39 is 28.6 Å². The number of aliphatic carboxylic acids is 1. The molecule has 5 nitrogen and oxygen atoms in total. The van der Waals surface area contributed by atoms with Gasteiger partial charge in [-0.15, -0.1) is 11.3 Å². The van der Waals surface area contributed by atoms with Gasteiger partial charge >= 0.3 is 5.97 Å². The Hall–Kier alpha value is -1.15. The molecule has 0 radical (unpaired) electrons. The average Bonchev–Trinajstić information content (AvgIpc) is 2.78. The molecule has 0 spiro atoms. The summed E-state index contributed by atoms with van der Waals surface area (Å²) in [5.74, 6) is -1.19. The Labute approximate surface area is 131 Å². The number of sulfonamides is 1. The molecule has 0 fully saturated rings. The van der Waals surface area contributed by atoms with Crippen LogP contribution in [-0.2, 0) is 14.8 Å². The van der Waals surface area contributed by atoms with Gasteiger partial charge in [0, 0.05) is 26.5 Å². The van der Waals surface area contributed by atoms with Crippen molar-refractivity contribution >= 4 is 49.0 Å². The van der Waals surface area contributed by atoms with E-state index in [1.165, 1.54) is 16.7 Å². The summed E-state index contributed by atoms with van der Waals surface area (Å²) >= 11 is 7.21. The fourth-order valence-electron chi connectivity index (χ4n) is 1.98. The summed E-state index contributed by atoms with van der Waals surface area (Å²) < 4.78 is 27.2. The highest BCUT2D eigenvalue weighted by molar-refractivity contribution is 7.89. The van der Waals surface area contributed by atoms with E-state index in [1.54, 1.807) is 32.0 Å². The molecule has 0 saturated heterocycles. The predicted octanol–water partition coefficient (Wildman–Crippen LogP) is 3.04. The zero-order chi connectivity index (χ0) is 15.8. The Morgan fingerprint density at radius 2 is 2.10 bits per heavy atom. The Morgan fingerprint density at radius 1 is 1.43 bits per heavy atom. The first kappa shape index (κ1) is 16.2. The van der Waals surface area contributed by atoms with Gasteiger partial charge in [-0.2, -0.15) is 4.31 Å². The molecule has 0 aliphatic heterocycles. The van der Waals surface area contributed by atoms with Crippen LogP contribution in [0.4, 0.5) is 0 Å². The Morgan fingerprint density at radius 3 is 2.67 bits per heavy atom. The molecule has 1 aromatic heterocycles. The van der Waals surface area contributed by atoms with Crippen molar-refractivity contribution < 1.29 is 18.3 Å². The Bertz CT molecular complexity index is 783. The second kappa shape index (κ2) is 5.92. The van der Waals surface area contributed by atoms with Gasteiger partial charge < -0.3 is 5.11 Å². The summed E-state index contributed by atoms with van der Waals surface area (Å²) in [5, 5.41) is 11.4. The second-order valence-corrected chi connectivity index (χ2v) is 7.98. The summed E-state index contributed by atoms with van der Waals surface area (Å²) in [4.78, 5) is 11.0. The maximum absolute atomic E-state index is 12.7. The number of fused-ring (bicyclic) bond motifs is 1. The van der Waals surface area contributed by atoms with Crippen LogP contribution >= 0.6 is 22.9 Å². The topological polar surface area (TPSA) is 74.7 Å². The molecule has 114 valence electrons. The number of rotatable bonds is 5. The minimum atomic E-state index is -3.89. The molecule has 21 heavy (non-hydrogen) atoms. The fraction of sp³-hybridized carbons (Fsp3) is 0.308. The van der Waals surface area contributed by atoms with Gasteiger partial charge in [-0.25, -0.2) is 8.42 Å². The quantitative estimate of drug-likeness (QED) is 0.902. The van der Waals surface area contributed by atoms with Gasteiger partial charge in [-0.05, 0) is 32.0 Å². The van der Waals surface area contributed by atoms with Crippen LogP contribution in [-0.4, -0.2) is 36.4 Å². The molecule has 0 unspecified atom stereocenters. The average molecular weight is 348 g/mol. The van der Waals surface area contributed by atoms with E-state index in [4.69, 9.17) is 16.7 Å². The molecule has 2 rings (SSSR count). The van der Waals surface area contributed by atoms with Gasteiger partial charge in [0.2, 0.25) is 10.0 Å². The van der Waals surface area contributed by atoms with Crippen molar-refractivity contribution in [2.75, 3.05) is 6.54 Å². The smallest absolute Gasteiger partial charge is 0.318 e. The lowest BCUT2D eigenvalue weighted by atomic mass is 10.3. The van der Waals surface area contributed by atoms with Gasteiger partial charge in [0.05, 0.1) is 0 Å². The molecule has 1 N–H and O–H groups in total. The summed E-state index contributed by atoms with van der Waals surface area (Å²) in [5.41, 5.74) is 0. The highest BCUT2D eigenvalue weighted by Crippen LogP contribution is 2.33. The first-order valence-corrected chi connectivity index (χ1v) is 8.83. The van der Waals surface area contributed by atoms with Crippen LogP contribution in [0, 0.1) is 0 Å². The van der Waals surface area contributed by atoms with E-state index in [-0.39, 0.29) is 4.90 Å². The van der Waals surface area contributed by atoms with E-state index >= 15 is 0 Å². The number of carboxylic acids is 1. The molecule has 0 aliphatic rings. The number of carboxylic acid groups (broad SMARTS) is 1. The molecule has 1 heterocycles. The number of nitrogens with zero attached hydrogens (tertiary/aromatic N) is 1. The van der Waals surface area contributed by atoms with Crippen molar-refractivity contribution in [1.82, 2.24) is 4.31 Å². The Balaban J connectivity index is 2.59. The first-order valence-electron chi connectivity index (χ1n) is 6.14. The van der Waals surface area contributed by atoms with Crippen molar-refractivity contribution in [3.05, 3.63) is 28.6 Å². The van der Waals surface area contributed by atoms with Gasteiger partial charge in [-0.1, -0.05) is 11.6 Å². The van der Waals surface area contributed by atoms with Gasteiger partial charge in [0.15, 0.2) is 0 Å². The number of hydrogen-bond donors (Lipinski definition) is 1. The lowest BCUT2D eigenvalue weighted by Gasteiger charge is -2.23. The summed E-state index contributed by atoms with van der Waals surface area (Å²) in [6.07, 6.45) is 0. The summed E-state index contributed by atoms with van der Waals surface area (Å²) in [7, 11) is -3.89. The van der Waals surface area contributed by atoms with E-state index in [0.29, 0.717) is 10.4 Å². The lowest BCUT2D eigenvalue weighted by Crippen LogP contribution is -2.40. The van der Waals surface area contributed by atoms with Crippen LogP contribution < -0.4 is 0 Å². The third kappa shape index (κ3) is 3.21. The minimum absolute atomic E-state index is 0.0972. The minimum Gasteiger partial charge on any atom is -0.480 e. The van der Waals surface area contributed by atoms with Crippen LogP contribution in [0.15, 0.2) is 28.5 Å². The molecule has 0 atom stereocenters. The zero-order valence-corrected chi connectivity index (χ0v) is 13.8. The van der Waals surface area contributed by atoms with Gasteiger partial charge in [-0.3, -0.25) is 4.79 Å². The number of carbonyl (C=O) groups is 1. The molecule has 0 aliphatic carbocycles. The predicted molar refractivity (Wildman–Crippen MR) is 83.5 cm³/mol. The Kier molecular flexibility index (Phi) is 4.57. The van der Waals surface area contributed by atoms with E-state index in [0.717, 1.165) is 9.01 Å². The SMILES string of the molecule is CC(C)N(CC(=O)O)S(=O)(=O)c1csc2ccc(Cl)cc12. The molecule has 1 aromatic carbocycles. The molecular weight excluding hydrogens is 334 g/mol. The maximum atomic E-state index is 12.7. The standard InChI is InChI=1S/C13H14ClNO4S2/c1-8(2)15(6-13(16)17)21(18,19)12-7-20-11-4-3-9(14)5-10(11)12/h3-5,7-8H,6H2,1-2H3,(H,16,17). The lowest BCUT2D eigenvalue weighted by molar-refractivity contribution is -0.137. The van der Waals surface area contributed by atoms with Gasteiger partial charge in [0.1, 0.15) is 11.4 Å². The first-order chi connectivity index (χ1) is 9.73. The monoisotopic (exact) mass is 347 g/mol. The highest BCUT2D eigenvalue weighted by Gasteiger charge is 2.31. The fourth-order valence-corrected chi connectivity index (χ4v) is 5.19. The number of halogens is 1. The normalized spacial score (nSPS) is 12.4. The van der Waals surface area contributed by atoms with Crippen molar-refractivity contribution in [3.63, 3.8) is 0 Å². The zero-order valence-electron chi connectivity index (χ0n) is 11.4. The van der Waals surface area contributed by atoms with E-state index in [1.807, 2.05) is 0 Å². The van der Waals surface area contributed by atoms with Crippen LogP contribution in [0.3, 0.4) is 0 Å². The van der Waals surface area contributed by atoms with Crippen molar-refractivity contribution in [1.29, 1.82) is 0 Å². The van der Waals surface area contributed by atoms with Crippen LogP contribution in [0.5, 0.6) is 0 Å².